The molecule has 1 aromatic rings. The molecule has 0 aliphatic heterocycles. The summed E-state index contributed by atoms with van der Waals surface area (Å²) >= 11 is 3.36. The monoisotopic (exact) mass is 342 g/mol. The zero-order chi connectivity index (χ0) is 15.1. The molecule has 1 amide bonds. The van der Waals surface area contributed by atoms with E-state index in [0.717, 1.165) is 24.0 Å². The van der Waals surface area contributed by atoms with E-state index in [1.165, 1.54) is 0 Å². The van der Waals surface area contributed by atoms with Gasteiger partial charge in [0, 0.05) is 29.8 Å². The maximum atomic E-state index is 12.3. The van der Waals surface area contributed by atoms with Crippen LogP contribution in [0.15, 0.2) is 16.7 Å². The van der Waals surface area contributed by atoms with E-state index in [2.05, 4.69) is 38.5 Å². The molecule has 1 heterocycles. The minimum atomic E-state index is -0.105. The highest BCUT2D eigenvalue weighted by Gasteiger charge is 2.15. The van der Waals surface area contributed by atoms with Crippen LogP contribution in [0.1, 0.15) is 30.6 Å². The molecule has 1 atom stereocenters. The van der Waals surface area contributed by atoms with E-state index in [0.29, 0.717) is 11.4 Å². The van der Waals surface area contributed by atoms with E-state index in [1.54, 1.807) is 12.3 Å². The number of carbonyl (C=O) groups is 1. The molecule has 0 saturated carbocycles. The Labute approximate surface area is 129 Å². The number of halogens is 1. The minimum absolute atomic E-state index is 0.0792. The zero-order valence-corrected chi connectivity index (χ0v) is 14.1. The highest BCUT2D eigenvalue weighted by Crippen LogP contribution is 2.18. The number of likely N-dealkylation sites (N-methyl/N-ethyl adjacent to an activating group) is 1. The number of anilines is 1. The Bertz CT molecular complexity index is 451. The number of nitrogens with one attached hydrogen (secondary N) is 2. The molecule has 0 radical (unpaired) electrons. The van der Waals surface area contributed by atoms with Crippen LogP contribution in [0, 0.1) is 0 Å². The number of carbonyl (C=O) groups excluding carboxylic acids is 1. The van der Waals surface area contributed by atoms with Crippen LogP contribution in [-0.4, -0.2) is 49.0 Å². The van der Waals surface area contributed by atoms with Gasteiger partial charge in [-0.1, -0.05) is 6.92 Å². The first-order valence-corrected chi connectivity index (χ1v) is 7.58. The number of hydrogen-bond acceptors (Lipinski definition) is 4. The second kappa shape index (κ2) is 8.21. The summed E-state index contributed by atoms with van der Waals surface area (Å²) in [4.78, 5) is 18.7. The molecule has 0 aromatic carbocycles. The predicted octanol–water partition coefficient (Wildman–Crippen LogP) is 2.35. The van der Waals surface area contributed by atoms with Crippen LogP contribution in [0.2, 0.25) is 0 Å². The van der Waals surface area contributed by atoms with E-state index >= 15 is 0 Å². The first-order chi connectivity index (χ1) is 9.43. The molecular weight excluding hydrogens is 320 g/mol. The smallest absolute Gasteiger partial charge is 0.255 e. The summed E-state index contributed by atoms with van der Waals surface area (Å²) in [5, 5.41) is 6.17. The van der Waals surface area contributed by atoms with Gasteiger partial charge in [0.15, 0.2) is 0 Å². The number of pyridine rings is 1. The molecular formula is C14H23BrN4O. The largest absolute Gasteiger partial charge is 0.369 e. The zero-order valence-electron chi connectivity index (χ0n) is 12.5. The number of rotatable bonds is 7. The van der Waals surface area contributed by atoms with Gasteiger partial charge in [-0.2, -0.15) is 0 Å². The average Bonchev–Trinajstić information content (AvgIpc) is 2.36. The van der Waals surface area contributed by atoms with Crippen molar-refractivity contribution in [2.24, 2.45) is 0 Å². The molecule has 112 valence electrons. The Kier molecular flexibility index (Phi) is 6.95. The maximum absolute atomic E-state index is 12.3. The molecule has 1 aromatic heterocycles. The van der Waals surface area contributed by atoms with Crippen LogP contribution in [-0.2, 0) is 0 Å². The van der Waals surface area contributed by atoms with Crippen molar-refractivity contribution in [2.75, 3.05) is 32.5 Å². The lowest BCUT2D eigenvalue weighted by atomic mass is 10.2. The van der Waals surface area contributed by atoms with Crippen molar-refractivity contribution in [3.8, 4) is 0 Å². The van der Waals surface area contributed by atoms with Crippen molar-refractivity contribution >= 4 is 27.7 Å². The molecule has 2 N–H and O–H groups in total. The van der Waals surface area contributed by atoms with Crippen LogP contribution in [0.25, 0.3) is 0 Å². The van der Waals surface area contributed by atoms with Gasteiger partial charge in [0.1, 0.15) is 5.82 Å². The number of hydrogen-bond donors (Lipinski definition) is 2. The molecule has 6 heteroatoms. The molecule has 5 nitrogen and oxygen atoms in total. The lowest BCUT2D eigenvalue weighted by Crippen LogP contribution is -2.39. The fourth-order valence-corrected chi connectivity index (χ4v) is 2.22. The van der Waals surface area contributed by atoms with Gasteiger partial charge >= 0.3 is 0 Å². The van der Waals surface area contributed by atoms with Crippen molar-refractivity contribution in [3.63, 3.8) is 0 Å². The molecule has 1 unspecified atom stereocenters. The molecule has 0 bridgehead atoms. The van der Waals surface area contributed by atoms with Gasteiger partial charge in [0.05, 0.1) is 5.56 Å². The second-order valence-corrected chi connectivity index (χ2v) is 6.03. The minimum Gasteiger partial charge on any atom is -0.369 e. The van der Waals surface area contributed by atoms with E-state index in [9.17, 15) is 4.79 Å². The Hall–Kier alpha value is -1.14. The van der Waals surface area contributed by atoms with Crippen LogP contribution in [0.3, 0.4) is 0 Å². The van der Waals surface area contributed by atoms with Gasteiger partial charge in [0.2, 0.25) is 0 Å². The summed E-state index contributed by atoms with van der Waals surface area (Å²) in [6.07, 6.45) is 2.67. The quantitative estimate of drug-likeness (QED) is 0.798. The SMILES string of the molecule is CCCNc1ncc(Br)cc1C(=O)NC(C)CN(C)C. The summed E-state index contributed by atoms with van der Waals surface area (Å²) in [7, 11) is 3.97. The molecule has 0 aliphatic carbocycles. The third kappa shape index (κ3) is 5.46. The van der Waals surface area contributed by atoms with Gasteiger partial charge in [0.25, 0.3) is 5.91 Å². The molecule has 1 rings (SSSR count). The number of aromatic nitrogens is 1. The average molecular weight is 343 g/mol. The Balaban J connectivity index is 2.82. The lowest BCUT2D eigenvalue weighted by Gasteiger charge is -2.19. The highest BCUT2D eigenvalue weighted by atomic mass is 79.9. The fraction of sp³-hybridized carbons (Fsp3) is 0.571. The predicted molar refractivity (Wildman–Crippen MR) is 86.2 cm³/mol. The lowest BCUT2D eigenvalue weighted by molar-refractivity contribution is 0.0935. The summed E-state index contributed by atoms with van der Waals surface area (Å²) in [5.41, 5.74) is 0.568. The summed E-state index contributed by atoms with van der Waals surface area (Å²) in [6.45, 7) is 5.65. The Morgan fingerprint density at radius 2 is 2.20 bits per heavy atom. The van der Waals surface area contributed by atoms with Gasteiger partial charge in [-0.05, 0) is 49.4 Å². The number of nitrogens with zero attached hydrogens (tertiary/aromatic N) is 2. The van der Waals surface area contributed by atoms with Crippen molar-refractivity contribution in [3.05, 3.63) is 22.3 Å². The van der Waals surface area contributed by atoms with E-state index in [-0.39, 0.29) is 11.9 Å². The van der Waals surface area contributed by atoms with Crippen LogP contribution >= 0.6 is 15.9 Å². The first kappa shape index (κ1) is 16.9. The van der Waals surface area contributed by atoms with Crippen molar-refractivity contribution in [1.29, 1.82) is 0 Å². The van der Waals surface area contributed by atoms with E-state index in [4.69, 9.17) is 0 Å². The normalized spacial score (nSPS) is 12.3. The second-order valence-electron chi connectivity index (χ2n) is 5.11. The van der Waals surface area contributed by atoms with Gasteiger partial charge in [-0.15, -0.1) is 0 Å². The van der Waals surface area contributed by atoms with Gasteiger partial charge in [-0.25, -0.2) is 4.98 Å². The van der Waals surface area contributed by atoms with Crippen LogP contribution < -0.4 is 10.6 Å². The molecule has 0 spiro atoms. The topological polar surface area (TPSA) is 57.3 Å². The first-order valence-electron chi connectivity index (χ1n) is 6.79. The Morgan fingerprint density at radius 3 is 2.80 bits per heavy atom. The Morgan fingerprint density at radius 1 is 1.50 bits per heavy atom. The summed E-state index contributed by atoms with van der Waals surface area (Å²) < 4.78 is 0.796. The molecule has 0 saturated heterocycles. The van der Waals surface area contributed by atoms with Crippen LogP contribution in [0.4, 0.5) is 5.82 Å². The summed E-state index contributed by atoms with van der Waals surface area (Å²) in [6, 6.07) is 1.87. The van der Waals surface area contributed by atoms with Crippen molar-refractivity contribution < 1.29 is 4.79 Å². The standard InChI is InChI=1S/C14H23BrN4O/c1-5-6-16-13-12(7-11(15)8-17-13)14(20)18-10(2)9-19(3)4/h7-8,10H,5-6,9H2,1-4H3,(H,16,17)(H,18,20). The van der Waals surface area contributed by atoms with E-state index < -0.39 is 0 Å². The van der Waals surface area contributed by atoms with Crippen molar-refractivity contribution in [2.45, 2.75) is 26.3 Å². The third-order valence-corrected chi connectivity index (χ3v) is 3.09. The molecule has 0 fully saturated rings. The van der Waals surface area contributed by atoms with Gasteiger partial charge < -0.3 is 15.5 Å². The molecule has 20 heavy (non-hydrogen) atoms. The van der Waals surface area contributed by atoms with E-state index in [1.807, 2.05) is 25.9 Å². The highest BCUT2D eigenvalue weighted by molar-refractivity contribution is 9.10. The fourth-order valence-electron chi connectivity index (χ4n) is 1.89. The summed E-state index contributed by atoms with van der Waals surface area (Å²) in [5.74, 6) is 0.524. The van der Waals surface area contributed by atoms with Crippen LogP contribution in [0.5, 0.6) is 0 Å². The molecule has 0 aliphatic rings. The van der Waals surface area contributed by atoms with Crippen molar-refractivity contribution in [1.82, 2.24) is 15.2 Å². The third-order valence-electron chi connectivity index (χ3n) is 2.66. The maximum Gasteiger partial charge on any atom is 0.255 e. The number of amides is 1. The van der Waals surface area contributed by atoms with Gasteiger partial charge in [-0.3, -0.25) is 4.79 Å².